The fourth-order valence-electron chi connectivity index (χ4n) is 2.04. The Balaban J connectivity index is 0.000000434. The Morgan fingerprint density at radius 2 is 0.970 bits per heavy atom. The number of benzene rings is 2. The van der Waals surface area contributed by atoms with Crippen LogP contribution in [-0.2, 0) is 21.7 Å². The Kier molecular flexibility index (Phi) is 17.1. The van der Waals surface area contributed by atoms with Crippen LogP contribution in [0.25, 0.3) is 0 Å². The molecule has 0 aliphatic heterocycles. The molecule has 0 saturated heterocycles. The summed E-state index contributed by atoms with van der Waals surface area (Å²) in [5.74, 6) is -2.93. The molecule has 0 N–H and O–H groups in total. The number of hydrogen-bond acceptors (Lipinski definition) is 2. The van der Waals surface area contributed by atoms with Gasteiger partial charge in [-0.2, -0.15) is 36.4 Å². The van der Waals surface area contributed by atoms with Gasteiger partial charge in [0.1, 0.15) is 0 Å². The quantitative estimate of drug-likeness (QED) is 0.171. The number of halogens is 4. The fourth-order valence-corrected chi connectivity index (χ4v) is 2.04. The molecule has 0 spiro atoms. The first-order valence-electron chi connectivity index (χ1n) is 9.81. The molecule has 4 rings (SSSR count). The van der Waals surface area contributed by atoms with E-state index in [0.717, 1.165) is 12.1 Å². The van der Waals surface area contributed by atoms with Crippen LogP contribution in [0.5, 0.6) is 11.5 Å². The van der Waals surface area contributed by atoms with Crippen molar-refractivity contribution >= 4 is 0 Å². The molecule has 172 valence electrons. The van der Waals surface area contributed by atoms with Gasteiger partial charge in [0, 0.05) is 23.1 Å². The van der Waals surface area contributed by atoms with Crippen molar-refractivity contribution < 1.29 is 48.8 Å². The minimum absolute atomic E-state index is 0. The summed E-state index contributed by atoms with van der Waals surface area (Å²) >= 11 is 0. The Hall–Kier alpha value is -2.83. The molecular weight excluding hydrogens is 468 g/mol. The van der Waals surface area contributed by atoms with Gasteiger partial charge >= 0.3 is 21.7 Å². The molecule has 0 radical (unpaired) electrons. The minimum Gasteiger partial charge on any atom is -0.548 e. The number of ether oxygens (including phenoxy) is 2. The van der Waals surface area contributed by atoms with Gasteiger partial charge in [0.05, 0.1) is 24.8 Å². The molecule has 2 nitrogen and oxygen atoms in total. The maximum atomic E-state index is 12.6. The van der Waals surface area contributed by atoms with Crippen LogP contribution in [-0.4, -0.2) is 13.2 Å². The van der Waals surface area contributed by atoms with Gasteiger partial charge in [0.2, 0.25) is 0 Å². The van der Waals surface area contributed by atoms with E-state index in [1.54, 1.807) is 13.8 Å². The van der Waals surface area contributed by atoms with E-state index >= 15 is 0 Å². The molecule has 4 aromatic carbocycles. The van der Waals surface area contributed by atoms with Crippen LogP contribution >= 0.6 is 0 Å². The molecule has 0 bridgehead atoms. The third kappa shape index (κ3) is 14.0. The molecule has 0 fully saturated rings. The van der Waals surface area contributed by atoms with Crippen molar-refractivity contribution in [1.82, 2.24) is 0 Å². The van der Waals surface area contributed by atoms with Crippen LogP contribution in [0.2, 0.25) is 0 Å². The molecule has 7 heteroatoms. The molecule has 4 aromatic rings. The molecule has 0 aromatic heterocycles. The molecule has 0 aliphatic carbocycles. The van der Waals surface area contributed by atoms with Crippen molar-refractivity contribution in [2.45, 2.75) is 13.8 Å². The third-order valence-corrected chi connectivity index (χ3v) is 3.36. The summed E-state index contributed by atoms with van der Waals surface area (Å²) in [7, 11) is 0. The maximum Gasteiger partial charge on any atom is 4.00 e. The van der Waals surface area contributed by atoms with Gasteiger partial charge in [-0.05, 0) is 13.8 Å². The van der Waals surface area contributed by atoms with Crippen molar-refractivity contribution in [3.63, 3.8) is 0 Å². The molecular formula is C26H24F4O2Ti. The normalized spacial score (nSPS) is 8.91. The van der Waals surface area contributed by atoms with Crippen molar-refractivity contribution in [3.8, 4) is 11.5 Å². The molecule has 0 unspecified atom stereocenters. The zero-order chi connectivity index (χ0) is 23.6. The van der Waals surface area contributed by atoms with Crippen molar-refractivity contribution in [2.75, 3.05) is 13.2 Å². The molecule has 0 saturated carbocycles. The van der Waals surface area contributed by atoms with Crippen molar-refractivity contribution in [2.24, 2.45) is 0 Å². The van der Waals surface area contributed by atoms with Gasteiger partial charge in [0.25, 0.3) is 0 Å². The van der Waals surface area contributed by atoms with E-state index in [9.17, 15) is 17.6 Å². The SMILES string of the molecule is CCOc1ccc(F)[c-]c1F.CCOc1ccc(F)[c-]c1F.[Ti+4].c1cc[cH-]c1.c1cc[cH-]c1. The second kappa shape index (κ2) is 18.7. The second-order valence-corrected chi connectivity index (χ2v) is 5.76. The van der Waals surface area contributed by atoms with Gasteiger partial charge < -0.3 is 9.47 Å². The molecule has 0 heterocycles. The maximum absolute atomic E-state index is 12.6. The zero-order valence-electron chi connectivity index (χ0n) is 18.3. The largest absolute Gasteiger partial charge is 4.00 e. The second-order valence-electron chi connectivity index (χ2n) is 5.76. The van der Waals surface area contributed by atoms with Gasteiger partial charge in [-0.25, -0.2) is 41.8 Å². The van der Waals surface area contributed by atoms with E-state index in [4.69, 9.17) is 9.47 Å². The van der Waals surface area contributed by atoms with Crippen LogP contribution in [0.15, 0.2) is 84.9 Å². The first-order chi connectivity index (χ1) is 15.5. The smallest absolute Gasteiger partial charge is 0.548 e. The predicted molar refractivity (Wildman–Crippen MR) is 117 cm³/mol. The summed E-state index contributed by atoms with van der Waals surface area (Å²) in [4.78, 5) is 0. The van der Waals surface area contributed by atoms with E-state index < -0.39 is 23.3 Å². The first kappa shape index (κ1) is 30.2. The topological polar surface area (TPSA) is 18.5 Å². The average molecular weight is 492 g/mol. The van der Waals surface area contributed by atoms with E-state index in [0.29, 0.717) is 13.2 Å². The van der Waals surface area contributed by atoms with E-state index in [1.165, 1.54) is 12.1 Å². The van der Waals surface area contributed by atoms with Gasteiger partial charge in [-0.3, -0.25) is 0 Å². The van der Waals surface area contributed by atoms with Gasteiger partial charge in [-0.1, -0.05) is 0 Å². The van der Waals surface area contributed by atoms with Crippen LogP contribution < -0.4 is 9.47 Å². The molecule has 0 aliphatic rings. The Labute approximate surface area is 207 Å². The fraction of sp³-hybridized carbons (Fsp3) is 0.154. The van der Waals surface area contributed by atoms with Gasteiger partial charge in [0.15, 0.2) is 0 Å². The zero-order valence-corrected chi connectivity index (χ0v) is 19.9. The third-order valence-electron chi connectivity index (χ3n) is 3.36. The summed E-state index contributed by atoms with van der Waals surface area (Å²) in [6.45, 7) is 4.17. The molecule has 0 amide bonds. The Morgan fingerprint density at radius 1 is 0.636 bits per heavy atom. The first-order valence-corrected chi connectivity index (χ1v) is 9.81. The monoisotopic (exact) mass is 492 g/mol. The standard InChI is InChI=1S/2C8H7F2O.2C5H5.Ti/c2*1-2-11-8-4-3-6(9)5-7(8)10;2*1-2-4-5-3-1;/h2*3-4H,2H2,1H3;2*1-5H;/q4*-1;+4. The van der Waals surface area contributed by atoms with Crippen molar-refractivity contribution in [1.29, 1.82) is 0 Å². The average Bonchev–Trinajstić information content (AvgIpc) is 3.52. The number of rotatable bonds is 4. The van der Waals surface area contributed by atoms with Crippen LogP contribution in [0.4, 0.5) is 17.6 Å². The summed E-state index contributed by atoms with van der Waals surface area (Å²) in [6.07, 6.45) is 0. The van der Waals surface area contributed by atoms with Crippen LogP contribution in [0.1, 0.15) is 13.8 Å². The number of hydrogen-bond donors (Lipinski definition) is 0. The minimum atomic E-state index is -0.785. The summed E-state index contributed by atoms with van der Waals surface area (Å²) in [5, 5.41) is 0. The van der Waals surface area contributed by atoms with Crippen molar-refractivity contribution in [3.05, 3.63) is 120 Å². The van der Waals surface area contributed by atoms with E-state index in [2.05, 4.69) is 0 Å². The van der Waals surface area contributed by atoms with Crippen LogP contribution in [0.3, 0.4) is 0 Å². The summed E-state index contributed by atoms with van der Waals surface area (Å²) in [6, 6.07) is 28.4. The predicted octanol–water partition coefficient (Wildman–Crippen LogP) is 7.14. The van der Waals surface area contributed by atoms with Gasteiger partial charge in [-0.15, -0.1) is 36.4 Å². The van der Waals surface area contributed by atoms with E-state index in [-0.39, 0.29) is 33.2 Å². The summed E-state index contributed by atoms with van der Waals surface area (Å²) in [5.41, 5.74) is 0. The Bertz CT molecular complexity index is 844. The van der Waals surface area contributed by atoms with Crippen LogP contribution in [0, 0.1) is 35.4 Å². The summed E-state index contributed by atoms with van der Waals surface area (Å²) < 4.78 is 59.3. The van der Waals surface area contributed by atoms with E-state index in [1.807, 2.05) is 72.8 Å². The molecule has 0 atom stereocenters. The Morgan fingerprint density at radius 3 is 1.18 bits per heavy atom. The molecule has 33 heavy (non-hydrogen) atoms.